The van der Waals surface area contributed by atoms with Gasteiger partial charge in [-0.1, -0.05) is 73.5 Å². The average Bonchev–Trinajstić information content (AvgIpc) is 3.24. The van der Waals surface area contributed by atoms with Gasteiger partial charge < -0.3 is 10.7 Å². The van der Waals surface area contributed by atoms with Gasteiger partial charge >= 0.3 is 0 Å². The average molecular weight is 465 g/mol. The number of rotatable bonds is 6. The molecule has 174 valence electrons. The van der Waals surface area contributed by atoms with Crippen LogP contribution in [-0.2, 0) is 11.3 Å². The highest BCUT2D eigenvalue weighted by atomic mass is 32.2. The Morgan fingerprint density at radius 1 is 0.970 bits per heavy atom. The molecule has 0 radical (unpaired) electrons. The van der Waals surface area contributed by atoms with E-state index in [0.717, 1.165) is 51.4 Å². The summed E-state index contributed by atoms with van der Waals surface area (Å²) in [6.07, 6.45) is 6.00. The Morgan fingerprint density at radius 2 is 1.73 bits per heavy atom. The van der Waals surface area contributed by atoms with Gasteiger partial charge in [-0.2, -0.15) is 0 Å². The summed E-state index contributed by atoms with van der Waals surface area (Å²) in [6.45, 7) is 4.20. The van der Waals surface area contributed by atoms with Crippen LogP contribution < -0.4 is 5.84 Å². The van der Waals surface area contributed by atoms with E-state index in [-0.39, 0.29) is 5.91 Å². The molecule has 7 nitrogen and oxygen atoms in total. The van der Waals surface area contributed by atoms with Gasteiger partial charge in [0.25, 0.3) is 0 Å². The van der Waals surface area contributed by atoms with Crippen LogP contribution in [-0.4, -0.2) is 62.5 Å². The number of piperazine rings is 1. The van der Waals surface area contributed by atoms with Crippen molar-refractivity contribution in [3.05, 3.63) is 53.9 Å². The molecular formula is C25H32N6OS. The number of fused-ring (bicyclic) bond motifs is 1. The van der Waals surface area contributed by atoms with E-state index in [4.69, 9.17) is 5.84 Å². The van der Waals surface area contributed by atoms with Crippen LogP contribution in [0.1, 0.15) is 49.4 Å². The minimum atomic E-state index is 0.145. The van der Waals surface area contributed by atoms with E-state index >= 15 is 0 Å². The lowest BCUT2D eigenvalue weighted by Gasteiger charge is -2.35. The van der Waals surface area contributed by atoms with Gasteiger partial charge in [0.1, 0.15) is 0 Å². The molecule has 2 aromatic carbocycles. The Morgan fingerprint density at radius 3 is 2.55 bits per heavy atom. The fourth-order valence-corrected chi connectivity index (χ4v) is 5.84. The van der Waals surface area contributed by atoms with E-state index in [0.29, 0.717) is 16.8 Å². The van der Waals surface area contributed by atoms with Crippen molar-refractivity contribution in [2.45, 2.75) is 49.7 Å². The van der Waals surface area contributed by atoms with E-state index in [1.165, 1.54) is 47.4 Å². The monoisotopic (exact) mass is 464 g/mol. The second-order valence-corrected chi connectivity index (χ2v) is 10.1. The molecule has 1 aliphatic heterocycles. The van der Waals surface area contributed by atoms with Crippen molar-refractivity contribution in [3.8, 4) is 0 Å². The molecule has 2 N–H and O–H groups in total. The molecule has 0 unspecified atom stereocenters. The zero-order valence-corrected chi connectivity index (χ0v) is 19.8. The molecular weight excluding hydrogens is 432 g/mol. The fraction of sp³-hybridized carbons (Fsp3) is 0.480. The van der Waals surface area contributed by atoms with E-state index < -0.39 is 0 Å². The molecule has 8 heteroatoms. The van der Waals surface area contributed by atoms with Crippen LogP contribution in [0.15, 0.2) is 47.6 Å². The minimum Gasteiger partial charge on any atom is -0.339 e. The summed E-state index contributed by atoms with van der Waals surface area (Å²) in [5, 5.41) is 11.8. The molecule has 0 atom stereocenters. The number of hydrogen-bond donors (Lipinski definition) is 1. The van der Waals surface area contributed by atoms with Crippen molar-refractivity contribution in [2.24, 2.45) is 0 Å². The Bertz CT molecular complexity index is 1100. The van der Waals surface area contributed by atoms with E-state index in [1.807, 2.05) is 4.90 Å². The van der Waals surface area contributed by atoms with Crippen molar-refractivity contribution in [1.29, 1.82) is 0 Å². The smallest absolute Gasteiger partial charge is 0.233 e. The summed E-state index contributed by atoms with van der Waals surface area (Å²) in [7, 11) is 0. The van der Waals surface area contributed by atoms with Gasteiger partial charge in [-0.15, -0.1) is 10.2 Å². The molecule has 5 rings (SSSR count). The first-order valence-electron chi connectivity index (χ1n) is 12.0. The second kappa shape index (κ2) is 10.1. The van der Waals surface area contributed by atoms with Gasteiger partial charge in [-0.25, -0.2) is 4.68 Å². The first kappa shape index (κ1) is 22.2. The zero-order chi connectivity index (χ0) is 22.6. The Hall–Kier alpha value is -2.58. The predicted octanol–water partition coefficient (Wildman–Crippen LogP) is 3.63. The number of benzene rings is 2. The number of nitrogen functional groups attached to an aromatic ring is 1. The van der Waals surface area contributed by atoms with Gasteiger partial charge in [0, 0.05) is 38.6 Å². The van der Waals surface area contributed by atoms with Crippen LogP contribution in [0.4, 0.5) is 0 Å². The van der Waals surface area contributed by atoms with Crippen LogP contribution in [0.5, 0.6) is 0 Å². The van der Waals surface area contributed by atoms with Crippen molar-refractivity contribution < 1.29 is 4.79 Å². The molecule has 2 heterocycles. The number of nitrogens with zero attached hydrogens (tertiary/aromatic N) is 5. The molecule has 1 saturated heterocycles. The van der Waals surface area contributed by atoms with Crippen molar-refractivity contribution in [1.82, 2.24) is 24.7 Å². The quantitative estimate of drug-likeness (QED) is 0.443. The molecule has 2 aliphatic rings. The maximum absolute atomic E-state index is 12.8. The molecule has 1 amide bonds. The van der Waals surface area contributed by atoms with Crippen molar-refractivity contribution in [3.63, 3.8) is 0 Å². The maximum atomic E-state index is 12.8. The molecule has 0 bridgehead atoms. The molecule has 33 heavy (non-hydrogen) atoms. The molecule has 3 aromatic rings. The highest BCUT2D eigenvalue weighted by molar-refractivity contribution is 7.99. The molecule has 2 fully saturated rings. The number of thioether (sulfide) groups is 1. The number of nitrogens with two attached hydrogens (primary N) is 1. The van der Waals surface area contributed by atoms with Crippen LogP contribution >= 0.6 is 11.8 Å². The van der Waals surface area contributed by atoms with Gasteiger partial charge in [-0.3, -0.25) is 9.69 Å². The maximum Gasteiger partial charge on any atom is 0.233 e. The summed E-state index contributed by atoms with van der Waals surface area (Å²) in [5.41, 5.74) is 1.35. The summed E-state index contributed by atoms with van der Waals surface area (Å²) >= 11 is 1.40. The second-order valence-electron chi connectivity index (χ2n) is 9.13. The SMILES string of the molecule is Nn1c(SCC(=O)N2CCN(Cc3cccc4ccccc34)CC2)nnc1C1CCCCC1. The van der Waals surface area contributed by atoms with Crippen molar-refractivity contribution in [2.75, 3.05) is 37.8 Å². The Labute approximate surface area is 199 Å². The predicted molar refractivity (Wildman–Crippen MR) is 133 cm³/mol. The first-order chi connectivity index (χ1) is 16.2. The lowest BCUT2D eigenvalue weighted by molar-refractivity contribution is -0.130. The third kappa shape index (κ3) is 5.01. The normalized spacial score (nSPS) is 18.1. The standard InChI is InChI=1S/C25H32N6OS/c26-31-24(20-8-2-1-3-9-20)27-28-25(31)33-18-23(32)30-15-13-29(14-16-30)17-21-11-6-10-19-7-4-5-12-22(19)21/h4-7,10-12,20H,1-3,8-9,13-18,26H2. The van der Waals surface area contributed by atoms with Crippen LogP contribution in [0.25, 0.3) is 10.8 Å². The fourth-order valence-electron chi connectivity index (χ4n) is 5.07. The summed E-state index contributed by atoms with van der Waals surface area (Å²) in [6, 6.07) is 15.0. The molecule has 0 spiro atoms. The summed E-state index contributed by atoms with van der Waals surface area (Å²) in [5.74, 6) is 8.03. The van der Waals surface area contributed by atoms with E-state index in [2.05, 4.69) is 57.6 Å². The number of aromatic nitrogens is 3. The number of amides is 1. The Kier molecular flexibility index (Phi) is 6.83. The molecule has 1 aromatic heterocycles. The lowest BCUT2D eigenvalue weighted by Crippen LogP contribution is -2.48. The summed E-state index contributed by atoms with van der Waals surface area (Å²) < 4.78 is 1.61. The topological polar surface area (TPSA) is 80.3 Å². The van der Waals surface area contributed by atoms with Crippen molar-refractivity contribution >= 4 is 28.4 Å². The molecule has 1 saturated carbocycles. The van der Waals surface area contributed by atoms with Gasteiger partial charge in [0.2, 0.25) is 11.1 Å². The van der Waals surface area contributed by atoms with Gasteiger partial charge in [-0.05, 0) is 29.2 Å². The summed E-state index contributed by atoms with van der Waals surface area (Å²) in [4.78, 5) is 17.2. The van der Waals surface area contributed by atoms with E-state index in [1.54, 1.807) is 4.68 Å². The van der Waals surface area contributed by atoms with Gasteiger partial charge in [0.05, 0.1) is 5.75 Å². The van der Waals surface area contributed by atoms with Crippen LogP contribution in [0, 0.1) is 0 Å². The highest BCUT2D eigenvalue weighted by Gasteiger charge is 2.25. The number of carbonyl (C=O) groups is 1. The number of carbonyl (C=O) groups excluding carboxylic acids is 1. The van der Waals surface area contributed by atoms with E-state index in [9.17, 15) is 4.79 Å². The van der Waals surface area contributed by atoms with Crippen LogP contribution in [0.2, 0.25) is 0 Å². The largest absolute Gasteiger partial charge is 0.339 e. The minimum absolute atomic E-state index is 0.145. The Balaban J connectivity index is 1.12. The van der Waals surface area contributed by atoms with Crippen LogP contribution in [0.3, 0.4) is 0 Å². The van der Waals surface area contributed by atoms with Gasteiger partial charge in [0.15, 0.2) is 5.82 Å². The third-order valence-electron chi connectivity index (χ3n) is 6.98. The number of hydrogen-bond acceptors (Lipinski definition) is 6. The highest BCUT2D eigenvalue weighted by Crippen LogP contribution is 2.32. The lowest BCUT2D eigenvalue weighted by atomic mass is 9.89. The third-order valence-corrected chi connectivity index (χ3v) is 7.91. The molecule has 1 aliphatic carbocycles. The first-order valence-corrected chi connectivity index (χ1v) is 13.0. The zero-order valence-electron chi connectivity index (χ0n) is 19.0.